The van der Waals surface area contributed by atoms with Crippen LogP contribution in [0.4, 0.5) is 10.1 Å². The van der Waals surface area contributed by atoms with Gasteiger partial charge in [-0.2, -0.15) is 0 Å². The van der Waals surface area contributed by atoms with Crippen molar-refractivity contribution in [3.63, 3.8) is 0 Å². The molecule has 0 aromatic heterocycles. The van der Waals surface area contributed by atoms with Crippen LogP contribution in [0.25, 0.3) is 0 Å². The van der Waals surface area contributed by atoms with Gasteiger partial charge in [-0.25, -0.2) is 4.39 Å². The van der Waals surface area contributed by atoms with Gasteiger partial charge in [-0.1, -0.05) is 18.5 Å². The Balaban J connectivity index is 2.84. The molecule has 14 heavy (non-hydrogen) atoms. The fraction of sp³-hybridized carbons (Fsp3) is 0.300. The van der Waals surface area contributed by atoms with Gasteiger partial charge in [0.05, 0.1) is 0 Å². The Labute approximate surface area is 87.1 Å². The van der Waals surface area contributed by atoms with Crippen LogP contribution in [0.15, 0.2) is 18.2 Å². The number of carbonyl (C=O) groups is 1. The number of alkyl halides is 1. The van der Waals surface area contributed by atoms with Gasteiger partial charge in [0.25, 0.3) is 0 Å². The second-order valence-corrected chi connectivity index (χ2v) is 3.25. The molecule has 1 amide bonds. The van der Waals surface area contributed by atoms with Crippen molar-refractivity contribution >= 4 is 23.2 Å². The van der Waals surface area contributed by atoms with E-state index < -0.39 is 6.67 Å². The minimum atomic E-state index is -0.630. The zero-order valence-corrected chi connectivity index (χ0v) is 8.57. The molecule has 76 valence electrons. The van der Waals surface area contributed by atoms with E-state index in [1.807, 2.05) is 0 Å². The van der Waals surface area contributed by atoms with Crippen LogP contribution in [0.5, 0.6) is 0 Å². The summed E-state index contributed by atoms with van der Waals surface area (Å²) in [5, 5.41) is 3.01. The molecule has 0 aliphatic heterocycles. The molecule has 1 aromatic carbocycles. The average Bonchev–Trinajstić information content (AvgIpc) is 2.20. The van der Waals surface area contributed by atoms with Crippen molar-refractivity contribution in [2.45, 2.75) is 20.0 Å². The standard InChI is InChI=1S/C10H11ClFNO/c1-2-10(14)13-8-3-4-9(11)7(5-8)6-12/h3-5H,2,6H2,1H3,(H,13,14). The highest BCUT2D eigenvalue weighted by Crippen LogP contribution is 2.21. The summed E-state index contributed by atoms with van der Waals surface area (Å²) in [5.74, 6) is -0.0999. The molecule has 0 aliphatic rings. The predicted octanol–water partition coefficient (Wildman–Crippen LogP) is 3.16. The molecule has 0 bridgehead atoms. The van der Waals surface area contributed by atoms with Crippen LogP contribution < -0.4 is 5.32 Å². The summed E-state index contributed by atoms with van der Waals surface area (Å²) in [5.41, 5.74) is 0.967. The van der Waals surface area contributed by atoms with Gasteiger partial charge in [0, 0.05) is 22.7 Å². The van der Waals surface area contributed by atoms with Gasteiger partial charge in [0.1, 0.15) is 6.67 Å². The summed E-state index contributed by atoms with van der Waals surface area (Å²) >= 11 is 5.71. The maximum Gasteiger partial charge on any atom is 0.224 e. The van der Waals surface area contributed by atoms with Crippen molar-refractivity contribution in [2.75, 3.05) is 5.32 Å². The summed E-state index contributed by atoms with van der Waals surface area (Å²) in [6, 6.07) is 4.76. The van der Waals surface area contributed by atoms with Gasteiger partial charge in [0.2, 0.25) is 5.91 Å². The SMILES string of the molecule is CCC(=O)Nc1ccc(Cl)c(CF)c1. The van der Waals surface area contributed by atoms with Crippen molar-refractivity contribution in [3.8, 4) is 0 Å². The molecule has 0 unspecified atom stereocenters. The molecule has 0 saturated heterocycles. The quantitative estimate of drug-likeness (QED) is 0.825. The molecular weight excluding hydrogens is 205 g/mol. The lowest BCUT2D eigenvalue weighted by Crippen LogP contribution is -2.09. The second-order valence-electron chi connectivity index (χ2n) is 2.84. The van der Waals surface area contributed by atoms with Crippen molar-refractivity contribution in [3.05, 3.63) is 28.8 Å². The highest BCUT2D eigenvalue weighted by atomic mass is 35.5. The number of benzene rings is 1. The second kappa shape index (κ2) is 4.96. The van der Waals surface area contributed by atoms with Crippen LogP contribution in [0.3, 0.4) is 0 Å². The highest BCUT2D eigenvalue weighted by Gasteiger charge is 2.03. The minimum absolute atomic E-state index is 0.0999. The zero-order chi connectivity index (χ0) is 10.6. The number of hydrogen-bond acceptors (Lipinski definition) is 1. The lowest BCUT2D eigenvalue weighted by molar-refractivity contribution is -0.115. The first-order chi connectivity index (χ1) is 6.67. The number of halogens is 2. The molecule has 0 aliphatic carbocycles. The normalized spacial score (nSPS) is 9.93. The molecule has 0 saturated carbocycles. The number of hydrogen-bond donors (Lipinski definition) is 1. The fourth-order valence-corrected chi connectivity index (χ4v) is 1.17. The largest absolute Gasteiger partial charge is 0.326 e. The summed E-state index contributed by atoms with van der Waals surface area (Å²) in [6.07, 6.45) is 0.396. The van der Waals surface area contributed by atoms with E-state index in [0.29, 0.717) is 22.7 Å². The van der Waals surface area contributed by atoms with Crippen LogP contribution >= 0.6 is 11.6 Å². The van der Waals surface area contributed by atoms with Gasteiger partial charge < -0.3 is 5.32 Å². The Morgan fingerprint density at radius 2 is 2.29 bits per heavy atom. The van der Waals surface area contributed by atoms with Crippen molar-refractivity contribution in [1.29, 1.82) is 0 Å². The maximum atomic E-state index is 12.4. The maximum absolute atomic E-state index is 12.4. The Morgan fingerprint density at radius 3 is 2.86 bits per heavy atom. The van der Waals surface area contributed by atoms with Crippen molar-refractivity contribution in [2.24, 2.45) is 0 Å². The molecular formula is C10H11ClFNO. The monoisotopic (exact) mass is 215 g/mol. The number of anilines is 1. The molecule has 0 atom stereocenters. The summed E-state index contributed by atoms with van der Waals surface area (Å²) in [4.78, 5) is 11.0. The van der Waals surface area contributed by atoms with Crippen LogP contribution in [0.2, 0.25) is 5.02 Å². The Kier molecular flexibility index (Phi) is 3.89. The zero-order valence-electron chi connectivity index (χ0n) is 7.81. The van der Waals surface area contributed by atoms with Gasteiger partial charge in [-0.05, 0) is 18.2 Å². The van der Waals surface area contributed by atoms with E-state index in [1.54, 1.807) is 19.1 Å². The average molecular weight is 216 g/mol. The number of carbonyl (C=O) groups excluding carboxylic acids is 1. The first kappa shape index (κ1) is 11.0. The predicted molar refractivity (Wildman–Crippen MR) is 55.2 cm³/mol. The van der Waals surface area contributed by atoms with Gasteiger partial charge in [-0.3, -0.25) is 4.79 Å². The van der Waals surface area contributed by atoms with Crippen molar-refractivity contribution < 1.29 is 9.18 Å². The van der Waals surface area contributed by atoms with Gasteiger partial charge >= 0.3 is 0 Å². The lowest BCUT2D eigenvalue weighted by Gasteiger charge is -2.05. The lowest BCUT2D eigenvalue weighted by atomic mass is 10.2. The van der Waals surface area contributed by atoms with E-state index in [2.05, 4.69) is 5.32 Å². The molecule has 4 heteroatoms. The number of rotatable bonds is 3. The number of nitrogens with one attached hydrogen (secondary N) is 1. The van der Waals surface area contributed by atoms with E-state index in [1.165, 1.54) is 6.07 Å². The van der Waals surface area contributed by atoms with Crippen LogP contribution in [-0.4, -0.2) is 5.91 Å². The number of amides is 1. The molecule has 0 radical (unpaired) electrons. The molecule has 0 spiro atoms. The van der Waals surface area contributed by atoms with E-state index in [-0.39, 0.29) is 5.91 Å². The van der Waals surface area contributed by atoms with Crippen LogP contribution in [-0.2, 0) is 11.5 Å². The summed E-state index contributed by atoms with van der Waals surface area (Å²) in [6.45, 7) is 1.12. The van der Waals surface area contributed by atoms with Gasteiger partial charge in [0.15, 0.2) is 0 Å². The Bertz CT molecular complexity index is 341. The van der Waals surface area contributed by atoms with E-state index in [4.69, 9.17) is 11.6 Å². The van der Waals surface area contributed by atoms with E-state index in [9.17, 15) is 9.18 Å². The smallest absolute Gasteiger partial charge is 0.224 e. The Hall–Kier alpha value is -1.09. The molecule has 1 N–H and O–H groups in total. The van der Waals surface area contributed by atoms with Crippen molar-refractivity contribution in [1.82, 2.24) is 0 Å². The molecule has 1 rings (SSSR count). The molecule has 0 heterocycles. The summed E-state index contributed by atoms with van der Waals surface area (Å²) < 4.78 is 12.4. The first-order valence-electron chi connectivity index (χ1n) is 4.31. The van der Waals surface area contributed by atoms with E-state index in [0.717, 1.165) is 0 Å². The Morgan fingerprint density at radius 1 is 1.57 bits per heavy atom. The van der Waals surface area contributed by atoms with Gasteiger partial charge in [-0.15, -0.1) is 0 Å². The summed E-state index contributed by atoms with van der Waals surface area (Å²) in [7, 11) is 0. The molecule has 1 aromatic rings. The van der Waals surface area contributed by atoms with Crippen LogP contribution in [0.1, 0.15) is 18.9 Å². The topological polar surface area (TPSA) is 29.1 Å². The van der Waals surface area contributed by atoms with E-state index >= 15 is 0 Å². The van der Waals surface area contributed by atoms with Crippen LogP contribution in [0, 0.1) is 0 Å². The minimum Gasteiger partial charge on any atom is -0.326 e. The third-order valence-electron chi connectivity index (χ3n) is 1.79. The molecule has 2 nitrogen and oxygen atoms in total. The first-order valence-corrected chi connectivity index (χ1v) is 4.69. The third-order valence-corrected chi connectivity index (χ3v) is 2.16. The molecule has 0 fully saturated rings. The third kappa shape index (κ3) is 2.70. The fourth-order valence-electron chi connectivity index (χ4n) is 1.00. The highest BCUT2D eigenvalue weighted by molar-refractivity contribution is 6.31.